The van der Waals surface area contributed by atoms with Crippen molar-refractivity contribution in [1.29, 1.82) is 0 Å². The van der Waals surface area contributed by atoms with Gasteiger partial charge in [0.05, 0.1) is 0 Å². The van der Waals surface area contributed by atoms with Crippen molar-refractivity contribution in [3.05, 3.63) is 32.6 Å². The monoisotopic (exact) mass is 239 g/mol. The van der Waals surface area contributed by atoms with E-state index in [1.54, 1.807) is 0 Å². The highest BCUT2D eigenvalue weighted by Gasteiger charge is 2.14. The van der Waals surface area contributed by atoms with Crippen LogP contribution in [0, 0.1) is 5.92 Å². The summed E-state index contributed by atoms with van der Waals surface area (Å²) in [5.41, 5.74) is -1.04. The number of amides is 1. The van der Waals surface area contributed by atoms with Crippen molar-refractivity contribution in [1.82, 2.24) is 14.5 Å². The van der Waals surface area contributed by atoms with Gasteiger partial charge in [0, 0.05) is 26.8 Å². The van der Waals surface area contributed by atoms with Crippen LogP contribution < -0.4 is 16.6 Å². The Labute approximate surface area is 98.9 Å². The average molecular weight is 239 g/mol. The molecule has 0 aliphatic rings. The van der Waals surface area contributed by atoms with Crippen molar-refractivity contribution in [3.8, 4) is 0 Å². The van der Waals surface area contributed by atoms with Crippen LogP contribution in [0.4, 0.5) is 0 Å². The molecule has 1 aromatic heterocycles. The predicted octanol–water partition coefficient (Wildman–Crippen LogP) is -0.530. The second kappa shape index (κ2) is 4.99. The van der Waals surface area contributed by atoms with Crippen LogP contribution >= 0.6 is 0 Å². The third-order valence-electron chi connectivity index (χ3n) is 2.36. The van der Waals surface area contributed by atoms with Crippen molar-refractivity contribution in [2.75, 3.05) is 6.54 Å². The quantitative estimate of drug-likeness (QED) is 0.770. The molecule has 0 spiro atoms. The van der Waals surface area contributed by atoms with Gasteiger partial charge >= 0.3 is 5.69 Å². The molecule has 0 aliphatic heterocycles. The molecular formula is C11H17N3O3. The first-order valence-electron chi connectivity index (χ1n) is 5.39. The maximum Gasteiger partial charge on any atom is 0.330 e. The molecule has 6 nitrogen and oxygen atoms in total. The number of aromatic nitrogens is 2. The molecule has 0 bridgehead atoms. The average Bonchev–Trinajstić information content (AvgIpc) is 2.28. The number of nitrogens with one attached hydrogen (secondary N) is 1. The van der Waals surface area contributed by atoms with Gasteiger partial charge in [-0.1, -0.05) is 13.8 Å². The van der Waals surface area contributed by atoms with E-state index >= 15 is 0 Å². The maximum absolute atomic E-state index is 11.7. The first-order valence-corrected chi connectivity index (χ1v) is 5.39. The van der Waals surface area contributed by atoms with Crippen LogP contribution in [0.5, 0.6) is 0 Å². The summed E-state index contributed by atoms with van der Waals surface area (Å²) in [5, 5.41) is 2.65. The van der Waals surface area contributed by atoms with Gasteiger partial charge in [0.25, 0.3) is 11.5 Å². The van der Waals surface area contributed by atoms with Crippen molar-refractivity contribution in [2.45, 2.75) is 13.8 Å². The SMILES string of the molecule is CC(C)CNC(=O)c1cn(C)c(=O)n(C)c1=O. The number of carbonyl (C=O) groups is 1. The Kier molecular flexibility index (Phi) is 3.88. The van der Waals surface area contributed by atoms with Gasteiger partial charge < -0.3 is 9.88 Å². The van der Waals surface area contributed by atoms with E-state index in [0.29, 0.717) is 12.5 Å². The van der Waals surface area contributed by atoms with Crippen molar-refractivity contribution >= 4 is 5.91 Å². The fraction of sp³-hybridized carbons (Fsp3) is 0.545. The zero-order valence-electron chi connectivity index (χ0n) is 10.5. The molecule has 0 aliphatic carbocycles. The number of nitrogens with zero attached hydrogens (tertiary/aromatic N) is 2. The molecule has 1 rings (SSSR count). The molecule has 17 heavy (non-hydrogen) atoms. The zero-order chi connectivity index (χ0) is 13.2. The van der Waals surface area contributed by atoms with E-state index in [4.69, 9.17) is 0 Å². The zero-order valence-corrected chi connectivity index (χ0v) is 10.5. The Balaban J connectivity index is 3.12. The summed E-state index contributed by atoms with van der Waals surface area (Å²) in [6.45, 7) is 4.41. The molecule has 0 saturated carbocycles. The minimum absolute atomic E-state index is 0.0183. The molecule has 6 heteroatoms. The molecule has 0 aromatic carbocycles. The smallest absolute Gasteiger partial charge is 0.330 e. The molecule has 0 unspecified atom stereocenters. The van der Waals surface area contributed by atoms with E-state index in [-0.39, 0.29) is 5.56 Å². The second-order valence-corrected chi connectivity index (χ2v) is 4.40. The third-order valence-corrected chi connectivity index (χ3v) is 2.36. The Morgan fingerprint density at radius 1 is 1.35 bits per heavy atom. The fourth-order valence-corrected chi connectivity index (χ4v) is 1.36. The summed E-state index contributed by atoms with van der Waals surface area (Å²) in [5.74, 6) is -0.148. The standard InChI is InChI=1S/C11H17N3O3/c1-7(2)5-12-9(15)8-6-13(3)11(17)14(4)10(8)16/h6-7H,5H2,1-4H3,(H,12,15). The minimum Gasteiger partial charge on any atom is -0.352 e. The van der Waals surface area contributed by atoms with Gasteiger partial charge in [0.1, 0.15) is 5.56 Å². The fourth-order valence-electron chi connectivity index (χ4n) is 1.36. The summed E-state index contributed by atoms with van der Waals surface area (Å²) in [4.78, 5) is 34.9. The first kappa shape index (κ1) is 13.2. The summed E-state index contributed by atoms with van der Waals surface area (Å²) in [6.07, 6.45) is 1.26. The number of hydrogen-bond acceptors (Lipinski definition) is 3. The minimum atomic E-state index is -0.575. The van der Waals surface area contributed by atoms with Gasteiger partial charge in [0.15, 0.2) is 0 Å². The van der Waals surface area contributed by atoms with Crippen LogP contribution in [0.25, 0.3) is 0 Å². The Morgan fingerprint density at radius 2 is 1.94 bits per heavy atom. The van der Waals surface area contributed by atoms with Gasteiger partial charge in [-0.05, 0) is 5.92 Å². The molecule has 0 atom stereocenters. The lowest BCUT2D eigenvalue weighted by molar-refractivity contribution is 0.0946. The highest BCUT2D eigenvalue weighted by molar-refractivity contribution is 5.93. The van der Waals surface area contributed by atoms with Gasteiger partial charge in [-0.2, -0.15) is 0 Å². The van der Waals surface area contributed by atoms with Crippen molar-refractivity contribution in [2.24, 2.45) is 20.0 Å². The topological polar surface area (TPSA) is 73.1 Å². The lowest BCUT2D eigenvalue weighted by Crippen LogP contribution is -2.42. The molecular weight excluding hydrogens is 222 g/mol. The Hall–Kier alpha value is -1.85. The molecule has 0 radical (unpaired) electrons. The maximum atomic E-state index is 11.7. The lowest BCUT2D eigenvalue weighted by atomic mass is 10.2. The normalized spacial score (nSPS) is 10.6. The van der Waals surface area contributed by atoms with Crippen LogP contribution in [0.1, 0.15) is 24.2 Å². The molecule has 1 amide bonds. The van der Waals surface area contributed by atoms with E-state index in [2.05, 4.69) is 5.32 Å². The van der Waals surface area contributed by atoms with E-state index in [0.717, 1.165) is 4.57 Å². The van der Waals surface area contributed by atoms with E-state index in [1.165, 1.54) is 24.9 Å². The van der Waals surface area contributed by atoms with Crippen LogP contribution in [0.3, 0.4) is 0 Å². The Morgan fingerprint density at radius 3 is 2.47 bits per heavy atom. The lowest BCUT2D eigenvalue weighted by Gasteiger charge is -2.09. The first-order chi connectivity index (χ1) is 7.84. The van der Waals surface area contributed by atoms with E-state index < -0.39 is 17.2 Å². The highest BCUT2D eigenvalue weighted by Crippen LogP contribution is 1.91. The predicted molar refractivity (Wildman–Crippen MR) is 64.1 cm³/mol. The van der Waals surface area contributed by atoms with Gasteiger partial charge in [0.2, 0.25) is 0 Å². The molecule has 1 heterocycles. The third kappa shape index (κ3) is 2.83. The Bertz CT molecular complexity index is 540. The largest absolute Gasteiger partial charge is 0.352 e. The summed E-state index contributed by atoms with van der Waals surface area (Å²) < 4.78 is 2.13. The van der Waals surface area contributed by atoms with Crippen LogP contribution in [-0.4, -0.2) is 21.6 Å². The van der Waals surface area contributed by atoms with Gasteiger partial charge in [-0.25, -0.2) is 4.79 Å². The van der Waals surface area contributed by atoms with E-state index in [1.807, 2.05) is 13.8 Å². The molecule has 94 valence electrons. The molecule has 1 aromatic rings. The number of aryl methyl sites for hydroxylation is 1. The van der Waals surface area contributed by atoms with Crippen molar-refractivity contribution < 1.29 is 4.79 Å². The summed E-state index contributed by atoms with van der Waals surface area (Å²) in [6, 6.07) is 0. The van der Waals surface area contributed by atoms with Crippen LogP contribution in [-0.2, 0) is 14.1 Å². The van der Waals surface area contributed by atoms with E-state index in [9.17, 15) is 14.4 Å². The molecule has 0 saturated heterocycles. The number of rotatable bonds is 3. The van der Waals surface area contributed by atoms with Crippen molar-refractivity contribution in [3.63, 3.8) is 0 Å². The number of carbonyl (C=O) groups excluding carboxylic acids is 1. The molecule has 1 N–H and O–H groups in total. The summed E-state index contributed by atoms with van der Waals surface area (Å²) in [7, 11) is 2.85. The van der Waals surface area contributed by atoms with Gasteiger partial charge in [-0.3, -0.25) is 14.2 Å². The number of hydrogen-bond donors (Lipinski definition) is 1. The summed E-state index contributed by atoms with van der Waals surface area (Å²) >= 11 is 0. The van der Waals surface area contributed by atoms with Crippen LogP contribution in [0.15, 0.2) is 15.8 Å². The highest BCUT2D eigenvalue weighted by atomic mass is 16.2. The van der Waals surface area contributed by atoms with Gasteiger partial charge in [-0.15, -0.1) is 0 Å². The van der Waals surface area contributed by atoms with Crippen LogP contribution in [0.2, 0.25) is 0 Å². The molecule has 0 fully saturated rings. The second-order valence-electron chi connectivity index (χ2n) is 4.40.